The van der Waals surface area contributed by atoms with E-state index in [0.717, 1.165) is 42.1 Å². The minimum Gasteiger partial charge on any atom is -0.342 e. The molecule has 1 aliphatic rings. The van der Waals surface area contributed by atoms with Gasteiger partial charge in [-0.3, -0.25) is 9.36 Å². The molecule has 1 saturated heterocycles. The van der Waals surface area contributed by atoms with Crippen molar-refractivity contribution in [3.63, 3.8) is 0 Å². The number of piperidine rings is 1. The first-order chi connectivity index (χ1) is 13.2. The van der Waals surface area contributed by atoms with E-state index in [2.05, 4.69) is 20.2 Å². The maximum atomic E-state index is 12.7. The second-order valence-corrected chi connectivity index (χ2v) is 7.01. The number of para-hydroxylation sites is 2. The van der Waals surface area contributed by atoms with Gasteiger partial charge in [0.1, 0.15) is 11.6 Å². The minimum atomic E-state index is -0.180. The van der Waals surface area contributed by atoms with Crippen LogP contribution in [-0.4, -0.2) is 48.6 Å². The summed E-state index contributed by atoms with van der Waals surface area (Å²) in [6, 6.07) is 7.87. The average Bonchev–Trinajstić information content (AvgIpc) is 3.28. The van der Waals surface area contributed by atoms with Gasteiger partial charge in [0.05, 0.1) is 11.0 Å². The summed E-state index contributed by atoms with van der Waals surface area (Å²) in [6.07, 6.45) is 2.88. The highest BCUT2D eigenvalue weighted by molar-refractivity contribution is 5.77. The molecule has 0 bridgehead atoms. The van der Waals surface area contributed by atoms with Gasteiger partial charge in [0.15, 0.2) is 0 Å². The summed E-state index contributed by atoms with van der Waals surface area (Å²) in [4.78, 5) is 34.2. The van der Waals surface area contributed by atoms with Crippen LogP contribution in [0.2, 0.25) is 0 Å². The summed E-state index contributed by atoms with van der Waals surface area (Å²) >= 11 is 0. The highest BCUT2D eigenvalue weighted by Crippen LogP contribution is 2.25. The van der Waals surface area contributed by atoms with Gasteiger partial charge in [0.2, 0.25) is 5.91 Å². The first-order valence-corrected chi connectivity index (χ1v) is 9.52. The first kappa shape index (κ1) is 17.5. The molecule has 1 amide bonds. The number of likely N-dealkylation sites (tertiary alicyclic amines) is 1. The lowest BCUT2D eigenvalue weighted by molar-refractivity contribution is -0.132. The number of aryl methyl sites for hydroxylation is 1. The number of nitrogens with zero attached hydrogens (tertiary/aromatic N) is 4. The zero-order chi connectivity index (χ0) is 18.8. The molecule has 3 heterocycles. The molecule has 0 spiro atoms. The Labute approximate surface area is 156 Å². The number of amides is 1. The van der Waals surface area contributed by atoms with Gasteiger partial charge in [-0.25, -0.2) is 14.9 Å². The molecule has 1 atom stereocenters. The normalized spacial score (nSPS) is 17.5. The van der Waals surface area contributed by atoms with Crippen molar-refractivity contribution in [3.05, 3.63) is 46.4 Å². The number of aromatic nitrogens is 5. The summed E-state index contributed by atoms with van der Waals surface area (Å²) in [6.45, 7) is 3.89. The quantitative estimate of drug-likeness (QED) is 0.717. The number of nitrogens with one attached hydrogen (secondary N) is 2. The SMILES string of the molecule is CCn1c([C@@H]2CCCN(C(=O)CCc3nc4ccccc4[nH]3)C2)n[nH]c1=O. The Bertz CT molecular complexity index is 968. The Morgan fingerprint density at radius 2 is 2.19 bits per heavy atom. The molecule has 0 unspecified atom stereocenters. The van der Waals surface area contributed by atoms with E-state index >= 15 is 0 Å². The smallest absolute Gasteiger partial charge is 0.342 e. The summed E-state index contributed by atoms with van der Waals surface area (Å²) in [5.74, 6) is 1.83. The molecule has 0 aliphatic carbocycles. The highest BCUT2D eigenvalue weighted by atomic mass is 16.2. The number of carbonyl (C=O) groups is 1. The van der Waals surface area contributed by atoms with Crippen LogP contribution in [0.1, 0.15) is 43.8 Å². The third kappa shape index (κ3) is 3.51. The first-order valence-electron chi connectivity index (χ1n) is 9.52. The predicted molar refractivity (Wildman–Crippen MR) is 101 cm³/mol. The molecular formula is C19H24N6O2. The number of H-pyrrole nitrogens is 2. The van der Waals surface area contributed by atoms with Crippen molar-refractivity contribution in [2.75, 3.05) is 13.1 Å². The van der Waals surface area contributed by atoms with Gasteiger partial charge in [-0.05, 0) is 31.9 Å². The molecule has 8 nitrogen and oxygen atoms in total. The van der Waals surface area contributed by atoms with Gasteiger partial charge in [-0.2, -0.15) is 5.10 Å². The molecule has 2 N–H and O–H groups in total. The Balaban J connectivity index is 1.40. The predicted octanol–water partition coefficient (Wildman–Crippen LogP) is 1.81. The monoisotopic (exact) mass is 368 g/mol. The van der Waals surface area contributed by atoms with E-state index in [1.165, 1.54) is 0 Å². The van der Waals surface area contributed by atoms with Gasteiger partial charge in [-0.15, -0.1) is 0 Å². The van der Waals surface area contributed by atoms with E-state index in [1.807, 2.05) is 36.1 Å². The molecule has 1 aromatic carbocycles. The van der Waals surface area contributed by atoms with Gasteiger partial charge >= 0.3 is 5.69 Å². The van der Waals surface area contributed by atoms with E-state index in [0.29, 0.717) is 25.9 Å². The average molecular weight is 368 g/mol. The number of hydrogen-bond acceptors (Lipinski definition) is 4. The molecule has 0 saturated carbocycles. The van der Waals surface area contributed by atoms with Crippen LogP contribution in [0.25, 0.3) is 11.0 Å². The molecule has 3 aromatic rings. The largest absolute Gasteiger partial charge is 0.343 e. The fraction of sp³-hybridized carbons (Fsp3) is 0.474. The van der Waals surface area contributed by atoms with Crippen molar-refractivity contribution < 1.29 is 4.79 Å². The molecular weight excluding hydrogens is 344 g/mol. The van der Waals surface area contributed by atoms with Crippen LogP contribution in [0.5, 0.6) is 0 Å². The maximum absolute atomic E-state index is 12.7. The van der Waals surface area contributed by atoms with Crippen LogP contribution in [0.4, 0.5) is 0 Å². The van der Waals surface area contributed by atoms with Crippen molar-refractivity contribution in [1.29, 1.82) is 0 Å². The zero-order valence-corrected chi connectivity index (χ0v) is 15.4. The van der Waals surface area contributed by atoms with Crippen molar-refractivity contribution in [2.24, 2.45) is 0 Å². The maximum Gasteiger partial charge on any atom is 0.343 e. The lowest BCUT2D eigenvalue weighted by Crippen LogP contribution is -2.40. The second kappa shape index (κ2) is 7.38. The van der Waals surface area contributed by atoms with E-state index in [1.54, 1.807) is 4.57 Å². The molecule has 27 heavy (non-hydrogen) atoms. The van der Waals surface area contributed by atoms with Gasteiger partial charge in [0.25, 0.3) is 0 Å². The number of fused-ring (bicyclic) bond motifs is 1. The summed E-state index contributed by atoms with van der Waals surface area (Å²) in [5, 5.41) is 6.72. The Hall–Kier alpha value is -2.90. The van der Waals surface area contributed by atoms with Crippen LogP contribution >= 0.6 is 0 Å². The molecule has 1 aliphatic heterocycles. The third-order valence-electron chi connectivity index (χ3n) is 5.26. The van der Waals surface area contributed by atoms with Crippen LogP contribution in [0.15, 0.2) is 29.1 Å². The van der Waals surface area contributed by atoms with Crippen LogP contribution in [0, 0.1) is 0 Å². The molecule has 1 fully saturated rings. The topological polar surface area (TPSA) is 99.7 Å². The summed E-state index contributed by atoms with van der Waals surface area (Å²) in [7, 11) is 0. The van der Waals surface area contributed by atoms with Crippen molar-refractivity contribution in [3.8, 4) is 0 Å². The van der Waals surface area contributed by atoms with Crippen LogP contribution < -0.4 is 5.69 Å². The summed E-state index contributed by atoms with van der Waals surface area (Å²) < 4.78 is 1.66. The number of imidazole rings is 1. The van der Waals surface area contributed by atoms with E-state index in [9.17, 15) is 9.59 Å². The fourth-order valence-corrected chi connectivity index (χ4v) is 3.87. The standard InChI is InChI=1S/C19H24N6O2/c1-2-25-18(22-23-19(25)27)13-6-5-11-24(12-13)17(26)10-9-16-20-14-7-3-4-8-15(14)21-16/h3-4,7-8,13H,2,5-6,9-12H2,1H3,(H,20,21)(H,23,27)/t13-/m1/s1. The molecule has 8 heteroatoms. The number of aromatic amines is 2. The minimum absolute atomic E-state index is 0.104. The van der Waals surface area contributed by atoms with E-state index in [-0.39, 0.29) is 17.5 Å². The fourth-order valence-electron chi connectivity index (χ4n) is 3.87. The van der Waals surface area contributed by atoms with Crippen LogP contribution in [-0.2, 0) is 17.8 Å². The van der Waals surface area contributed by atoms with Gasteiger partial charge in [0, 0.05) is 38.4 Å². The molecule has 142 valence electrons. The Kier molecular flexibility index (Phi) is 4.79. The molecule has 2 aromatic heterocycles. The lowest BCUT2D eigenvalue weighted by Gasteiger charge is -2.32. The molecule has 0 radical (unpaired) electrons. The van der Waals surface area contributed by atoms with Crippen molar-refractivity contribution in [2.45, 2.75) is 45.1 Å². The number of hydrogen-bond donors (Lipinski definition) is 2. The Morgan fingerprint density at radius 3 is 3.00 bits per heavy atom. The van der Waals surface area contributed by atoms with E-state index in [4.69, 9.17) is 0 Å². The van der Waals surface area contributed by atoms with Crippen molar-refractivity contribution >= 4 is 16.9 Å². The number of benzene rings is 1. The second-order valence-electron chi connectivity index (χ2n) is 7.01. The van der Waals surface area contributed by atoms with Crippen molar-refractivity contribution in [1.82, 2.24) is 29.6 Å². The number of carbonyl (C=O) groups excluding carboxylic acids is 1. The van der Waals surface area contributed by atoms with Gasteiger partial charge < -0.3 is 9.88 Å². The highest BCUT2D eigenvalue weighted by Gasteiger charge is 2.28. The number of rotatable bonds is 5. The molecule has 4 rings (SSSR count). The lowest BCUT2D eigenvalue weighted by atomic mass is 9.96. The Morgan fingerprint density at radius 1 is 1.33 bits per heavy atom. The third-order valence-corrected chi connectivity index (χ3v) is 5.26. The van der Waals surface area contributed by atoms with Crippen LogP contribution in [0.3, 0.4) is 0 Å². The van der Waals surface area contributed by atoms with E-state index < -0.39 is 0 Å². The zero-order valence-electron chi connectivity index (χ0n) is 15.4. The summed E-state index contributed by atoms with van der Waals surface area (Å²) in [5.41, 5.74) is 1.74. The van der Waals surface area contributed by atoms with Gasteiger partial charge in [-0.1, -0.05) is 12.1 Å².